The lowest BCUT2D eigenvalue weighted by Gasteiger charge is -2.32. The Balaban J connectivity index is 2.10. The van der Waals surface area contributed by atoms with E-state index in [0.29, 0.717) is 17.2 Å². The fourth-order valence-corrected chi connectivity index (χ4v) is 2.66. The normalized spacial score (nSPS) is 19.3. The number of carbonyl (C=O) groups excluding carboxylic acids is 1. The van der Waals surface area contributed by atoms with Crippen molar-refractivity contribution in [1.82, 2.24) is 4.90 Å². The minimum absolute atomic E-state index is 0.0279. The molecule has 1 aromatic rings. The second kappa shape index (κ2) is 6.57. The van der Waals surface area contributed by atoms with Crippen molar-refractivity contribution in [3.8, 4) is 5.75 Å². The lowest BCUT2D eigenvalue weighted by molar-refractivity contribution is 0.0650. The van der Waals surface area contributed by atoms with Crippen LogP contribution in [0.2, 0.25) is 0 Å². The van der Waals surface area contributed by atoms with E-state index in [1.807, 2.05) is 23.1 Å². The molecule has 1 aliphatic heterocycles. The summed E-state index contributed by atoms with van der Waals surface area (Å²) in [4.78, 5) is 14.4. The number of aliphatic hydroxyl groups is 1. The number of para-hydroxylation sites is 1. The van der Waals surface area contributed by atoms with E-state index in [0.717, 1.165) is 32.4 Å². The summed E-state index contributed by atoms with van der Waals surface area (Å²) < 4.78 is 5.24. The Labute approximate surface area is 114 Å². The van der Waals surface area contributed by atoms with Gasteiger partial charge in [0.05, 0.1) is 12.7 Å². The molecule has 1 amide bonds. The number of hydrogen-bond donors (Lipinski definition) is 1. The molecular weight excluding hydrogens is 242 g/mol. The smallest absolute Gasteiger partial charge is 0.257 e. The number of ether oxygens (including phenoxy) is 1. The fraction of sp³-hybridized carbons (Fsp3) is 0.533. The van der Waals surface area contributed by atoms with E-state index in [4.69, 9.17) is 9.84 Å². The first-order valence-corrected chi connectivity index (χ1v) is 6.79. The zero-order valence-corrected chi connectivity index (χ0v) is 11.3. The summed E-state index contributed by atoms with van der Waals surface area (Å²) in [6.07, 6.45) is 2.87. The predicted molar refractivity (Wildman–Crippen MR) is 73.3 cm³/mol. The number of rotatable bonds is 4. The molecule has 0 radical (unpaired) electrons. The highest BCUT2D eigenvalue weighted by atomic mass is 16.5. The Hall–Kier alpha value is -1.55. The Bertz CT molecular complexity index is 431. The third-order valence-electron chi connectivity index (χ3n) is 3.68. The zero-order chi connectivity index (χ0) is 13.7. The molecule has 0 saturated carbocycles. The van der Waals surface area contributed by atoms with Crippen molar-refractivity contribution in [1.29, 1.82) is 0 Å². The van der Waals surface area contributed by atoms with Gasteiger partial charge in [-0.3, -0.25) is 4.79 Å². The van der Waals surface area contributed by atoms with Crippen LogP contribution in [0.15, 0.2) is 24.3 Å². The molecule has 1 heterocycles. The molecule has 1 saturated heterocycles. The van der Waals surface area contributed by atoms with Crippen molar-refractivity contribution in [2.24, 2.45) is 5.92 Å². The number of carbonyl (C=O) groups is 1. The predicted octanol–water partition coefficient (Wildman–Crippen LogP) is 1.93. The maximum Gasteiger partial charge on any atom is 0.257 e. The number of piperidine rings is 1. The van der Waals surface area contributed by atoms with Gasteiger partial charge in [0.15, 0.2) is 0 Å². The van der Waals surface area contributed by atoms with Gasteiger partial charge in [0.25, 0.3) is 5.91 Å². The maximum absolute atomic E-state index is 12.5. The number of nitrogens with zero attached hydrogens (tertiary/aromatic N) is 1. The lowest BCUT2D eigenvalue weighted by atomic mass is 9.94. The summed E-state index contributed by atoms with van der Waals surface area (Å²) >= 11 is 0. The van der Waals surface area contributed by atoms with Gasteiger partial charge in [0, 0.05) is 19.7 Å². The molecule has 4 heteroatoms. The van der Waals surface area contributed by atoms with E-state index in [-0.39, 0.29) is 12.5 Å². The van der Waals surface area contributed by atoms with Gasteiger partial charge >= 0.3 is 0 Å². The number of methoxy groups -OCH3 is 1. The average Bonchev–Trinajstić information content (AvgIpc) is 2.47. The first-order chi connectivity index (χ1) is 9.26. The van der Waals surface area contributed by atoms with Crippen molar-refractivity contribution in [3.05, 3.63) is 29.8 Å². The summed E-state index contributed by atoms with van der Waals surface area (Å²) in [7, 11) is 1.58. The van der Waals surface area contributed by atoms with Crippen LogP contribution < -0.4 is 4.74 Å². The van der Waals surface area contributed by atoms with Crippen LogP contribution in [0.5, 0.6) is 5.75 Å². The molecule has 4 nitrogen and oxygen atoms in total. The Kier molecular flexibility index (Phi) is 4.80. The molecule has 0 aliphatic carbocycles. The lowest BCUT2D eigenvalue weighted by Crippen LogP contribution is -2.40. The molecule has 0 aromatic heterocycles. The number of benzene rings is 1. The minimum Gasteiger partial charge on any atom is -0.496 e. The van der Waals surface area contributed by atoms with Gasteiger partial charge in [0.2, 0.25) is 0 Å². The topological polar surface area (TPSA) is 49.8 Å². The van der Waals surface area contributed by atoms with E-state index >= 15 is 0 Å². The summed E-state index contributed by atoms with van der Waals surface area (Å²) in [6.45, 7) is 1.72. The number of aliphatic hydroxyl groups excluding tert-OH is 1. The molecule has 0 spiro atoms. The highest BCUT2D eigenvalue weighted by Crippen LogP contribution is 2.24. The molecule has 1 aliphatic rings. The van der Waals surface area contributed by atoms with Gasteiger partial charge < -0.3 is 14.7 Å². The summed E-state index contributed by atoms with van der Waals surface area (Å²) in [5.41, 5.74) is 0.620. The van der Waals surface area contributed by atoms with Crippen LogP contribution in [0.4, 0.5) is 0 Å². The van der Waals surface area contributed by atoms with E-state index in [2.05, 4.69) is 0 Å². The summed E-state index contributed by atoms with van der Waals surface area (Å²) in [5.74, 6) is 1.06. The van der Waals surface area contributed by atoms with Crippen LogP contribution >= 0.6 is 0 Å². The molecule has 1 unspecified atom stereocenters. The fourth-order valence-electron chi connectivity index (χ4n) is 2.66. The molecule has 19 heavy (non-hydrogen) atoms. The first kappa shape index (κ1) is 13.9. The van der Waals surface area contributed by atoms with E-state index in [1.54, 1.807) is 13.2 Å². The maximum atomic E-state index is 12.5. The van der Waals surface area contributed by atoms with Crippen LogP contribution in [0.3, 0.4) is 0 Å². The first-order valence-electron chi connectivity index (χ1n) is 6.79. The van der Waals surface area contributed by atoms with E-state index < -0.39 is 0 Å². The quantitative estimate of drug-likeness (QED) is 0.903. The molecule has 1 atom stereocenters. The average molecular weight is 263 g/mol. The Morgan fingerprint density at radius 3 is 3.00 bits per heavy atom. The van der Waals surface area contributed by atoms with Gasteiger partial charge in [0.1, 0.15) is 5.75 Å². The zero-order valence-electron chi connectivity index (χ0n) is 11.3. The molecular formula is C15H21NO3. The number of likely N-dealkylation sites (tertiary alicyclic amines) is 1. The number of amides is 1. The van der Waals surface area contributed by atoms with Crippen LogP contribution in [0.25, 0.3) is 0 Å². The Morgan fingerprint density at radius 1 is 1.47 bits per heavy atom. The van der Waals surface area contributed by atoms with Crippen molar-refractivity contribution in [2.45, 2.75) is 19.3 Å². The van der Waals surface area contributed by atoms with Crippen LogP contribution in [0.1, 0.15) is 29.6 Å². The van der Waals surface area contributed by atoms with Crippen LogP contribution in [0, 0.1) is 5.92 Å². The van der Waals surface area contributed by atoms with Crippen LogP contribution in [-0.2, 0) is 0 Å². The third kappa shape index (κ3) is 3.26. The van der Waals surface area contributed by atoms with Crippen molar-refractivity contribution >= 4 is 5.91 Å². The summed E-state index contributed by atoms with van der Waals surface area (Å²) in [6, 6.07) is 7.32. The highest BCUT2D eigenvalue weighted by Gasteiger charge is 2.25. The SMILES string of the molecule is COc1ccccc1C(=O)N1CCCC(CCO)C1. The molecule has 2 rings (SSSR count). The third-order valence-corrected chi connectivity index (χ3v) is 3.68. The Morgan fingerprint density at radius 2 is 2.26 bits per heavy atom. The van der Waals surface area contributed by atoms with Crippen LogP contribution in [-0.4, -0.2) is 42.7 Å². The molecule has 104 valence electrons. The second-order valence-corrected chi connectivity index (χ2v) is 4.97. The minimum atomic E-state index is 0.0279. The van der Waals surface area contributed by atoms with E-state index in [9.17, 15) is 4.79 Å². The van der Waals surface area contributed by atoms with Gasteiger partial charge in [-0.25, -0.2) is 0 Å². The van der Waals surface area contributed by atoms with Gasteiger partial charge in [-0.1, -0.05) is 12.1 Å². The molecule has 0 bridgehead atoms. The number of hydrogen-bond acceptors (Lipinski definition) is 3. The van der Waals surface area contributed by atoms with Crippen molar-refractivity contribution in [3.63, 3.8) is 0 Å². The second-order valence-electron chi connectivity index (χ2n) is 4.97. The van der Waals surface area contributed by atoms with Crippen molar-refractivity contribution in [2.75, 3.05) is 26.8 Å². The largest absolute Gasteiger partial charge is 0.496 e. The molecule has 1 N–H and O–H groups in total. The van der Waals surface area contributed by atoms with Gasteiger partial charge in [-0.2, -0.15) is 0 Å². The molecule has 1 fully saturated rings. The standard InChI is InChI=1S/C15H21NO3/c1-19-14-7-3-2-6-13(14)15(18)16-9-4-5-12(11-16)8-10-17/h2-3,6-7,12,17H,4-5,8-11H2,1H3. The highest BCUT2D eigenvalue weighted by molar-refractivity contribution is 5.97. The monoisotopic (exact) mass is 263 g/mol. The van der Waals surface area contributed by atoms with Gasteiger partial charge in [-0.15, -0.1) is 0 Å². The molecule has 1 aromatic carbocycles. The van der Waals surface area contributed by atoms with Gasteiger partial charge in [-0.05, 0) is 37.3 Å². The van der Waals surface area contributed by atoms with Crippen molar-refractivity contribution < 1.29 is 14.6 Å². The summed E-state index contributed by atoms with van der Waals surface area (Å²) in [5, 5.41) is 9.02. The van der Waals surface area contributed by atoms with E-state index in [1.165, 1.54) is 0 Å².